The van der Waals surface area contributed by atoms with Gasteiger partial charge in [0.25, 0.3) is 5.91 Å². The molecule has 78 valence electrons. The highest BCUT2D eigenvalue weighted by Gasteiger charge is 2.28. The second kappa shape index (κ2) is 3.27. The topological polar surface area (TPSA) is 79.5 Å². The Balaban J connectivity index is 2.73. The van der Waals surface area contributed by atoms with Crippen LogP contribution in [0.25, 0.3) is 6.08 Å². The first-order valence-electron chi connectivity index (χ1n) is 4.45. The molecule has 2 N–H and O–H groups in total. The zero-order valence-corrected chi connectivity index (χ0v) is 8.03. The minimum absolute atomic E-state index is 0.0813. The summed E-state index contributed by atoms with van der Waals surface area (Å²) >= 11 is 0. The number of aromatic hydroxyl groups is 1. The third-order valence-electron chi connectivity index (χ3n) is 2.14. The van der Waals surface area contributed by atoms with Crippen LogP contribution in [0.15, 0.2) is 15.3 Å². The van der Waals surface area contributed by atoms with Gasteiger partial charge in [-0.1, -0.05) is 6.08 Å². The van der Waals surface area contributed by atoms with E-state index in [9.17, 15) is 14.7 Å². The first-order chi connectivity index (χ1) is 7.15. The highest BCUT2D eigenvalue weighted by molar-refractivity contribution is 5.97. The maximum atomic E-state index is 11.6. The van der Waals surface area contributed by atoms with Crippen LogP contribution >= 0.6 is 0 Å². The van der Waals surface area contributed by atoms with Crippen molar-refractivity contribution in [3.8, 4) is 5.75 Å². The number of hydrogen-bond acceptors (Lipinski definition) is 4. The predicted molar refractivity (Wildman–Crippen MR) is 52.5 cm³/mol. The molecule has 1 aromatic rings. The number of hydrogen-bond donors (Lipinski definition) is 2. The molecule has 5 heteroatoms. The summed E-state index contributed by atoms with van der Waals surface area (Å²) < 4.78 is 5.22. The third-order valence-corrected chi connectivity index (χ3v) is 2.14. The van der Waals surface area contributed by atoms with Crippen molar-refractivity contribution in [1.82, 2.24) is 5.32 Å². The number of rotatable bonds is 1. The minimum Gasteiger partial charge on any atom is -0.502 e. The molecule has 5 nitrogen and oxygen atoms in total. The van der Waals surface area contributed by atoms with E-state index in [1.165, 1.54) is 6.08 Å². The monoisotopic (exact) mass is 207 g/mol. The van der Waals surface area contributed by atoms with Crippen molar-refractivity contribution in [3.63, 3.8) is 0 Å². The summed E-state index contributed by atoms with van der Waals surface area (Å²) in [6.45, 7) is 1.92. The van der Waals surface area contributed by atoms with Gasteiger partial charge >= 0.3 is 0 Å². The molecule has 15 heavy (non-hydrogen) atoms. The van der Waals surface area contributed by atoms with E-state index in [1.54, 1.807) is 13.0 Å². The van der Waals surface area contributed by atoms with Gasteiger partial charge in [-0.15, -0.1) is 0 Å². The van der Waals surface area contributed by atoms with Gasteiger partial charge in [0, 0.05) is 0 Å². The van der Waals surface area contributed by atoms with E-state index in [-0.39, 0.29) is 23.6 Å². The number of carbonyl (C=O) groups excluding carboxylic acids is 1. The quantitative estimate of drug-likeness (QED) is 0.707. The van der Waals surface area contributed by atoms with Crippen LogP contribution in [-0.4, -0.2) is 11.0 Å². The molecule has 0 aliphatic carbocycles. The zero-order chi connectivity index (χ0) is 11.0. The normalized spacial score (nSPS) is 14.3. The molecular formula is C10H9NO4. The Bertz CT molecular complexity index is 513. The van der Waals surface area contributed by atoms with E-state index in [4.69, 9.17) is 4.42 Å². The number of nitrogens with one attached hydrogen (secondary N) is 1. The fraction of sp³-hybridized carbons (Fsp3) is 0.200. The largest absolute Gasteiger partial charge is 0.502 e. The van der Waals surface area contributed by atoms with E-state index < -0.39 is 17.1 Å². The van der Waals surface area contributed by atoms with Crippen LogP contribution in [0, 0.1) is 0 Å². The lowest BCUT2D eigenvalue weighted by molar-refractivity contribution is 0.0964. The summed E-state index contributed by atoms with van der Waals surface area (Å²) in [5.41, 5.74) is -0.778. The molecule has 0 radical (unpaired) electrons. The molecule has 0 spiro atoms. The molecule has 0 bridgehead atoms. The maximum Gasteiger partial charge on any atom is 0.259 e. The first kappa shape index (κ1) is 9.51. The summed E-state index contributed by atoms with van der Waals surface area (Å²) in [5.74, 6) is -0.668. The summed E-state index contributed by atoms with van der Waals surface area (Å²) in [4.78, 5) is 22.8. The van der Waals surface area contributed by atoms with Crippen LogP contribution in [0.1, 0.15) is 28.8 Å². The molecule has 0 saturated heterocycles. The predicted octanol–water partition coefficient (Wildman–Crippen LogP) is 0.622. The lowest BCUT2D eigenvalue weighted by Gasteiger charge is -2.00. The van der Waals surface area contributed by atoms with Gasteiger partial charge in [0.15, 0.2) is 5.76 Å². The van der Waals surface area contributed by atoms with E-state index in [1.807, 2.05) is 0 Å². The van der Waals surface area contributed by atoms with Crippen LogP contribution in [0.3, 0.4) is 0 Å². The highest BCUT2D eigenvalue weighted by Crippen LogP contribution is 2.21. The minimum atomic E-state index is -0.681. The van der Waals surface area contributed by atoms with Gasteiger partial charge < -0.3 is 14.8 Å². The van der Waals surface area contributed by atoms with Crippen molar-refractivity contribution in [2.45, 2.75) is 13.5 Å². The molecule has 0 atom stereocenters. The van der Waals surface area contributed by atoms with E-state index >= 15 is 0 Å². The fourth-order valence-corrected chi connectivity index (χ4v) is 1.46. The van der Waals surface area contributed by atoms with E-state index in [0.717, 1.165) is 0 Å². The molecule has 2 heterocycles. The van der Waals surface area contributed by atoms with Gasteiger partial charge in [0.2, 0.25) is 11.2 Å². The first-order valence-corrected chi connectivity index (χ1v) is 4.45. The van der Waals surface area contributed by atoms with Crippen molar-refractivity contribution < 1.29 is 14.3 Å². The van der Waals surface area contributed by atoms with Crippen molar-refractivity contribution >= 4 is 12.0 Å². The molecule has 0 fully saturated rings. The van der Waals surface area contributed by atoms with Crippen molar-refractivity contribution in [2.75, 3.05) is 0 Å². The Labute approximate surface area is 85.0 Å². The highest BCUT2D eigenvalue weighted by atomic mass is 16.4. The standard InChI is InChI=1S/C10H9NO4/c1-2-3-5-8(12)9(13)7-6(15-5)4-11-10(7)14/h2-3,12H,4H2,1H3,(H,11,14). The van der Waals surface area contributed by atoms with Crippen LogP contribution in [0.4, 0.5) is 0 Å². The third kappa shape index (κ3) is 1.32. The molecule has 1 aliphatic heterocycles. The molecule has 2 rings (SSSR count). The number of allylic oxidation sites excluding steroid dienone is 1. The average molecular weight is 207 g/mol. The summed E-state index contributed by atoms with van der Waals surface area (Å²) in [6.07, 6.45) is 3.11. The summed E-state index contributed by atoms with van der Waals surface area (Å²) in [6, 6.07) is 0. The van der Waals surface area contributed by atoms with Crippen LogP contribution in [-0.2, 0) is 6.54 Å². The number of carbonyl (C=O) groups is 1. The second-order valence-electron chi connectivity index (χ2n) is 3.12. The number of amides is 1. The van der Waals surface area contributed by atoms with Crippen molar-refractivity contribution in [3.05, 3.63) is 33.4 Å². The molecule has 1 aliphatic rings. The van der Waals surface area contributed by atoms with Crippen molar-refractivity contribution in [2.24, 2.45) is 0 Å². The Morgan fingerprint density at radius 3 is 2.87 bits per heavy atom. The maximum absolute atomic E-state index is 11.6. The van der Waals surface area contributed by atoms with Crippen molar-refractivity contribution in [1.29, 1.82) is 0 Å². The van der Waals surface area contributed by atoms with Gasteiger partial charge in [0.05, 0.1) is 6.54 Å². The van der Waals surface area contributed by atoms with Crippen LogP contribution in [0.2, 0.25) is 0 Å². The molecule has 0 unspecified atom stereocenters. The SMILES string of the molecule is CC=Cc1oc2c(c(=O)c1O)C(=O)NC2. The van der Waals surface area contributed by atoms with Gasteiger partial charge in [-0.05, 0) is 13.0 Å². The lowest BCUT2D eigenvalue weighted by Crippen LogP contribution is -2.19. The molecular weight excluding hydrogens is 198 g/mol. The summed E-state index contributed by atoms with van der Waals surface area (Å²) in [5, 5.41) is 11.9. The Hall–Kier alpha value is -2.04. The van der Waals surface area contributed by atoms with Gasteiger partial charge in [-0.2, -0.15) is 0 Å². The molecule has 0 aromatic carbocycles. The smallest absolute Gasteiger partial charge is 0.259 e. The molecule has 1 aromatic heterocycles. The lowest BCUT2D eigenvalue weighted by atomic mass is 10.2. The fourth-order valence-electron chi connectivity index (χ4n) is 1.46. The van der Waals surface area contributed by atoms with Gasteiger partial charge in [0.1, 0.15) is 11.3 Å². The zero-order valence-electron chi connectivity index (χ0n) is 8.03. The van der Waals surface area contributed by atoms with Gasteiger partial charge in [-0.3, -0.25) is 9.59 Å². The van der Waals surface area contributed by atoms with Crippen LogP contribution < -0.4 is 10.7 Å². The Kier molecular flexibility index (Phi) is 2.07. The Morgan fingerprint density at radius 1 is 1.47 bits per heavy atom. The molecule has 0 saturated carbocycles. The Morgan fingerprint density at radius 2 is 2.20 bits per heavy atom. The van der Waals surface area contributed by atoms with E-state index in [2.05, 4.69) is 5.32 Å². The summed E-state index contributed by atoms with van der Waals surface area (Å²) in [7, 11) is 0. The number of fused-ring (bicyclic) bond motifs is 1. The van der Waals surface area contributed by atoms with Gasteiger partial charge in [-0.25, -0.2) is 0 Å². The average Bonchev–Trinajstić information content (AvgIpc) is 2.56. The van der Waals surface area contributed by atoms with E-state index in [0.29, 0.717) is 0 Å². The molecule has 1 amide bonds. The second-order valence-corrected chi connectivity index (χ2v) is 3.12. The van der Waals surface area contributed by atoms with Crippen LogP contribution in [0.5, 0.6) is 5.75 Å².